The molecular formula is C17H30BN3O2. The molecule has 5 nitrogen and oxygen atoms in total. The van der Waals surface area contributed by atoms with Gasteiger partial charge >= 0.3 is 7.12 Å². The van der Waals surface area contributed by atoms with Crippen LogP contribution in [0.4, 0.5) is 5.82 Å². The monoisotopic (exact) mass is 319 g/mol. The zero-order valence-corrected chi connectivity index (χ0v) is 14.4. The minimum atomic E-state index is -1.19. The third kappa shape index (κ3) is 5.48. The Morgan fingerprint density at radius 3 is 2.57 bits per heavy atom. The predicted molar refractivity (Wildman–Crippen MR) is 95.4 cm³/mol. The Morgan fingerprint density at radius 1 is 1.30 bits per heavy atom. The predicted octanol–water partition coefficient (Wildman–Crippen LogP) is 1.97. The molecule has 128 valence electrons. The van der Waals surface area contributed by atoms with Crippen LogP contribution >= 0.6 is 0 Å². The van der Waals surface area contributed by atoms with Gasteiger partial charge < -0.3 is 20.7 Å². The molecule has 1 atom stereocenters. The fraction of sp³-hybridized carbons (Fsp3) is 0.706. The molecule has 0 spiro atoms. The van der Waals surface area contributed by atoms with Crippen molar-refractivity contribution in [1.29, 1.82) is 0 Å². The summed E-state index contributed by atoms with van der Waals surface area (Å²) < 4.78 is 0. The summed E-state index contributed by atoms with van der Waals surface area (Å²) in [6, 6.07) is 4.20. The Hall–Kier alpha value is -1.11. The molecule has 0 aliphatic carbocycles. The smallest absolute Gasteiger partial charge is 0.427 e. The summed E-state index contributed by atoms with van der Waals surface area (Å²) in [5.74, 6) is 1.58. The number of piperidine rings is 1. The molecule has 1 aromatic heterocycles. The van der Waals surface area contributed by atoms with Gasteiger partial charge in [0.05, 0.1) is 0 Å². The number of hydrogen-bond acceptors (Lipinski definition) is 5. The van der Waals surface area contributed by atoms with Crippen molar-refractivity contribution < 1.29 is 10.0 Å². The molecule has 2 heterocycles. The molecule has 1 aromatic rings. The molecule has 0 saturated carbocycles. The van der Waals surface area contributed by atoms with E-state index in [9.17, 15) is 0 Å². The van der Waals surface area contributed by atoms with Gasteiger partial charge in [-0.15, -0.1) is 0 Å². The van der Waals surface area contributed by atoms with Gasteiger partial charge in [0.15, 0.2) is 0 Å². The minimum Gasteiger partial charge on any atom is -0.427 e. The molecule has 4 N–H and O–H groups in total. The van der Waals surface area contributed by atoms with Crippen molar-refractivity contribution in [2.45, 2.75) is 57.8 Å². The van der Waals surface area contributed by atoms with Crippen molar-refractivity contribution >= 4 is 12.9 Å². The number of pyridine rings is 1. The maximum Gasteiger partial charge on any atom is 0.451 e. The number of aryl methyl sites for hydroxylation is 1. The fourth-order valence-corrected chi connectivity index (χ4v) is 3.45. The van der Waals surface area contributed by atoms with Crippen LogP contribution in [0.25, 0.3) is 0 Å². The topological polar surface area (TPSA) is 82.6 Å². The van der Waals surface area contributed by atoms with Crippen LogP contribution in [0.5, 0.6) is 0 Å². The Labute approximate surface area is 140 Å². The van der Waals surface area contributed by atoms with Crippen LogP contribution in [-0.2, 0) is 0 Å². The molecule has 1 saturated heterocycles. The molecular weight excluding hydrogens is 289 g/mol. The summed E-state index contributed by atoms with van der Waals surface area (Å²) >= 11 is 0. The van der Waals surface area contributed by atoms with Crippen molar-refractivity contribution in [1.82, 2.24) is 4.98 Å². The lowest BCUT2D eigenvalue weighted by Crippen LogP contribution is -2.49. The Kier molecular flexibility index (Phi) is 6.45. The van der Waals surface area contributed by atoms with Gasteiger partial charge in [-0.1, -0.05) is 18.9 Å². The first-order valence-corrected chi connectivity index (χ1v) is 8.71. The first kappa shape index (κ1) is 18.2. The van der Waals surface area contributed by atoms with Crippen LogP contribution in [0.15, 0.2) is 18.3 Å². The molecule has 0 radical (unpaired) electrons. The third-order valence-corrected chi connectivity index (χ3v) is 5.08. The fourth-order valence-electron chi connectivity index (χ4n) is 3.45. The molecule has 6 heteroatoms. The number of anilines is 1. The van der Waals surface area contributed by atoms with Gasteiger partial charge in [0.25, 0.3) is 0 Å². The van der Waals surface area contributed by atoms with E-state index in [0.29, 0.717) is 12.2 Å². The van der Waals surface area contributed by atoms with E-state index < -0.39 is 7.12 Å². The lowest BCUT2D eigenvalue weighted by molar-refractivity contribution is 0.226. The number of aromatic nitrogens is 1. The van der Waals surface area contributed by atoms with E-state index in [4.69, 9.17) is 15.8 Å². The Balaban J connectivity index is 1.79. The Bertz CT molecular complexity index is 471. The summed E-state index contributed by atoms with van der Waals surface area (Å²) in [5, 5.41) is 17.8. The van der Waals surface area contributed by atoms with Gasteiger partial charge in [-0.3, -0.25) is 0 Å². The summed E-state index contributed by atoms with van der Waals surface area (Å²) in [7, 11) is -1.19. The van der Waals surface area contributed by atoms with E-state index in [0.717, 1.165) is 51.0 Å². The summed E-state index contributed by atoms with van der Waals surface area (Å²) in [6.07, 6.45) is 7.24. The molecule has 2 rings (SSSR count). The van der Waals surface area contributed by atoms with Gasteiger partial charge in [-0.2, -0.15) is 0 Å². The van der Waals surface area contributed by atoms with Gasteiger partial charge in [0.2, 0.25) is 0 Å². The van der Waals surface area contributed by atoms with E-state index in [1.54, 1.807) is 0 Å². The number of nitrogens with zero attached hydrogens (tertiary/aromatic N) is 2. The van der Waals surface area contributed by atoms with E-state index in [1.165, 1.54) is 5.56 Å². The van der Waals surface area contributed by atoms with Crippen molar-refractivity contribution in [3.8, 4) is 0 Å². The highest BCUT2D eigenvalue weighted by molar-refractivity contribution is 6.40. The van der Waals surface area contributed by atoms with Gasteiger partial charge in [-0.25, -0.2) is 4.98 Å². The third-order valence-electron chi connectivity index (χ3n) is 5.08. The van der Waals surface area contributed by atoms with Crippen LogP contribution in [0, 0.1) is 12.8 Å². The van der Waals surface area contributed by atoms with Crippen molar-refractivity contribution in [3.63, 3.8) is 0 Å². The molecule has 1 fully saturated rings. The van der Waals surface area contributed by atoms with Crippen LogP contribution in [0.3, 0.4) is 0 Å². The highest BCUT2D eigenvalue weighted by Crippen LogP contribution is 2.31. The number of hydrogen-bond donors (Lipinski definition) is 3. The molecule has 23 heavy (non-hydrogen) atoms. The number of nitrogens with two attached hydrogens (primary N) is 1. The van der Waals surface area contributed by atoms with Gasteiger partial charge in [-0.05, 0) is 57.0 Å². The lowest BCUT2D eigenvalue weighted by Gasteiger charge is -2.41. The van der Waals surface area contributed by atoms with Crippen molar-refractivity contribution in [2.24, 2.45) is 11.7 Å². The molecule has 1 unspecified atom stereocenters. The zero-order chi connectivity index (χ0) is 16.9. The van der Waals surface area contributed by atoms with Crippen LogP contribution < -0.4 is 10.6 Å². The highest BCUT2D eigenvalue weighted by atomic mass is 16.4. The van der Waals surface area contributed by atoms with E-state index in [1.807, 2.05) is 6.20 Å². The normalized spacial score (nSPS) is 18.7. The summed E-state index contributed by atoms with van der Waals surface area (Å²) in [5.41, 5.74) is 7.57. The van der Waals surface area contributed by atoms with Crippen molar-refractivity contribution in [3.05, 3.63) is 23.9 Å². The lowest BCUT2D eigenvalue weighted by atomic mass is 9.75. The SMILES string of the molecule is Cc1ccc(N2CCC(C(C)(N)CCCCB(O)O)CC2)nc1. The van der Waals surface area contributed by atoms with Crippen LogP contribution in [-0.4, -0.2) is 40.8 Å². The minimum absolute atomic E-state index is 0.173. The molecule has 1 aliphatic heterocycles. The molecule has 0 amide bonds. The number of unbranched alkanes of at least 4 members (excludes halogenated alkanes) is 1. The quantitative estimate of drug-likeness (QED) is 0.529. The second-order valence-electron chi connectivity index (χ2n) is 7.19. The van der Waals surface area contributed by atoms with E-state index >= 15 is 0 Å². The Morgan fingerprint density at radius 2 is 2.00 bits per heavy atom. The standard InChI is InChI=1S/C17H30BN3O2/c1-14-5-6-16(20-13-14)21-11-7-15(8-12-21)17(2,19)9-3-4-10-18(22)23/h5-6,13,15,22-23H,3-4,7-12,19H2,1-2H3. The average molecular weight is 319 g/mol. The average Bonchev–Trinajstić information content (AvgIpc) is 2.52. The van der Waals surface area contributed by atoms with E-state index in [2.05, 4.69) is 35.9 Å². The van der Waals surface area contributed by atoms with Crippen LogP contribution in [0.1, 0.15) is 44.6 Å². The second-order valence-corrected chi connectivity index (χ2v) is 7.19. The van der Waals surface area contributed by atoms with Crippen LogP contribution in [0.2, 0.25) is 6.32 Å². The van der Waals surface area contributed by atoms with E-state index in [-0.39, 0.29) is 5.54 Å². The molecule has 0 aromatic carbocycles. The first-order chi connectivity index (χ1) is 10.9. The molecule has 1 aliphatic rings. The summed E-state index contributed by atoms with van der Waals surface area (Å²) in [4.78, 5) is 6.86. The van der Waals surface area contributed by atoms with Crippen molar-refractivity contribution in [2.75, 3.05) is 18.0 Å². The maximum absolute atomic E-state index is 8.90. The van der Waals surface area contributed by atoms with Gasteiger partial charge in [0, 0.05) is 24.8 Å². The molecule has 0 bridgehead atoms. The highest BCUT2D eigenvalue weighted by Gasteiger charge is 2.32. The largest absolute Gasteiger partial charge is 0.451 e. The zero-order valence-electron chi connectivity index (χ0n) is 14.4. The second kappa shape index (κ2) is 8.13. The van der Waals surface area contributed by atoms with Gasteiger partial charge in [0.1, 0.15) is 5.82 Å². The summed E-state index contributed by atoms with van der Waals surface area (Å²) in [6.45, 7) is 6.21. The maximum atomic E-state index is 8.90. The number of rotatable bonds is 7. The first-order valence-electron chi connectivity index (χ1n) is 8.71.